The number of hydrogen-bond donors (Lipinski definition) is 1. The van der Waals surface area contributed by atoms with Crippen molar-refractivity contribution in [1.82, 2.24) is 9.88 Å². The number of rotatable bonds is 7. The zero-order valence-corrected chi connectivity index (χ0v) is 14.7. The van der Waals surface area contributed by atoms with E-state index >= 15 is 0 Å². The van der Waals surface area contributed by atoms with Gasteiger partial charge in [0.25, 0.3) is 0 Å². The lowest BCUT2D eigenvalue weighted by molar-refractivity contribution is -0.137. The van der Waals surface area contributed by atoms with Gasteiger partial charge in [-0.1, -0.05) is 13.8 Å². The van der Waals surface area contributed by atoms with Crippen LogP contribution in [-0.2, 0) is 10.9 Å². The third-order valence-electron chi connectivity index (χ3n) is 3.99. The number of pyridine rings is 1. The number of ether oxygens (including phenoxy) is 1. The molecule has 1 aromatic rings. The van der Waals surface area contributed by atoms with Crippen molar-refractivity contribution in [3.63, 3.8) is 0 Å². The molecule has 1 aromatic heterocycles. The Labute approximate surface area is 146 Å². The summed E-state index contributed by atoms with van der Waals surface area (Å²) in [5.41, 5.74) is -0.703. The second-order valence-electron chi connectivity index (χ2n) is 6.75. The number of aromatic nitrogens is 1. The average Bonchev–Trinajstić information content (AvgIpc) is 2.54. The number of halogens is 3. The molecule has 25 heavy (non-hydrogen) atoms. The van der Waals surface area contributed by atoms with Crippen molar-refractivity contribution in [1.29, 1.82) is 0 Å². The van der Waals surface area contributed by atoms with Crippen molar-refractivity contribution < 1.29 is 23.0 Å². The van der Waals surface area contributed by atoms with Gasteiger partial charge in [-0.15, -0.1) is 0 Å². The van der Waals surface area contributed by atoms with E-state index < -0.39 is 17.8 Å². The summed E-state index contributed by atoms with van der Waals surface area (Å²) >= 11 is 0. The van der Waals surface area contributed by atoms with Crippen molar-refractivity contribution in [3.05, 3.63) is 23.9 Å². The molecular weight excluding hydrogens is 335 g/mol. The maximum absolute atomic E-state index is 13.1. The van der Waals surface area contributed by atoms with Crippen LogP contribution in [0.25, 0.3) is 0 Å². The molecule has 0 amide bonds. The lowest BCUT2D eigenvalue weighted by Crippen LogP contribution is -2.49. The van der Waals surface area contributed by atoms with Crippen LogP contribution < -0.4 is 4.90 Å². The van der Waals surface area contributed by atoms with E-state index in [1.54, 1.807) is 4.90 Å². The number of piperazine rings is 1. The van der Waals surface area contributed by atoms with Crippen LogP contribution in [0.4, 0.5) is 19.0 Å². The molecule has 2 rings (SSSR count). The number of anilines is 1. The maximum Gasteiger partial charge on any atom is 0.419 e. The highest BCUT2D eigenvalue weighted by Gasteiger charge is 2.36. The van der Waals surface area contributed by atoms with Gasteiger partial charge in [0.2, 0.25) is 0 Å². The summed E-state index contributed by atoms with van der Waals surface area (Å²) in [4.78, 5) is 7.62. The Morgan fingerprint density at radius 2 is 1.88 bits per heavy atom. The summed E-state index contributed by atoms with van der Waals surface area (Å²) in [7, 11) is 0. The SMILES string of the molecule is CC(C)COCC(O)CN1CCN(c2ncccc2C(F)(F)F)CC1. The second-order valence-corrected chi connectivity index (χ2v) is 6.75. The predicted molar refractivity (Wildman–Crippen MR) is 89.6 cm³/mol. The lowest BCUT2D eigenvalue weighted by atomic mass is 10.2. The Balaban J connectivity index is 1.84. The van der Waals surface area contributed by atoms with Gasteiger partial charge in [0.15, 0.2) is 0 Å². The molecule has 0 aliphatic carbocycles. The number of aliphatic hydroxyl groups is 1. The largest absolute Gasteiger partial charge is 0.419 e. The molecule has 1 fully saturated rings. The molecule has 1 N–H and O–H groups in total. The molecule has 2 heterocycles. The Bertz CT molecular complexity index is 532. The molecule has 1 saturated heterocycles. The van der Waals surface area contributed by atoms with Gasteiger partial charge in [0.1, 0.15) is 5.82 Å². The van der Waals surface area contributed by atoms with Crippen molar-refractivity contribution in [2.45, 2.75) is 26.1 Å². The van der Waals surface area contributed by atoms with Crippen molar-refractivity contribution in [2.75, 3.05) is 50.8 Å². The van der Waals surface area contributed by atoms with Crippen LogP contribution in [0.3, 0.4) is 0 Å². The number of β-amino-alcohol motifs (C(OH)–C–C–N with tert-alkyl or cyclic N) is 1. The van der Waals surface area contributed by atoms with E-state index in [-0.39, 0.29) is 12.4 Å². The van der Waals surface area contributed by atoms with Gasteiger partial charge >= 0.3 is 6.18 Å². The van der Waals surface area contributed by atoms with Crippen LogP contribution in [-0.4, -0.2) is 67.0 Å². The van der Waals surface area contributed by atoms with Gasteiger partial charge in [-0.05, 0) is 18.1 Å². The lowest BCUT2D eigenvalue weighted by Gasteiger charge is -2.37. The van der Waals surface area contributed by atoms with E-state index in [1.165, 1.54) is 12.3 Å². The summed E-state index contributed by atoms with van der Waals surface area (Å²) in [5.74, 6) is 0.396. The monoisotopic (exact) mass is 361 g/mol. The standard InChI is InChI=1S/C17H26F3N3O2/c1-13(2)11-25-12-14(24)10-22-6-8-23(9-7-22)16-15(17(18,19)20)4-3-5-21-16/h3-5,13-14,24H,6-12H2,1-2H3. The highest BCUT2D eigenvalue weighted by Crippen LogP contribution is 2.35. The minimum Gasteiger partial charge on any atom is -0.389 e. The van der Waals surface area contributed by atoms with E-state index in [4.69, 9.17) is 4.74 Å². The zero-order chi connectivity index (χ0) is 18.4. The molecule has 8 heteroatoms. The van der Waals surface area contributed by atoms with Gasteiger partial charge in [0, 0.05) is 45.5 Å². The highest BCUT2D eigenvalue weighted by molar-refractivity contribution is 5.48. The molecule has 0 spiro atoms. The third kappa shape index (κ3) is 6.13. The first-order valence-electron chi connectivity index (χ1n) is 8.52. The zero-order valence-electron chi connectivity index (χ0n) is 14.7. The second kappa shape index (κ2) is 8.82. The van der Waals surface area contributed by atoms with E-state index in [2.05, 4.69) is 4.98 Å². The molecule has 0 bridgehead atoms. The molecule has 5 nitrogen and oxygen atoms in total. The Morgan fingerprint density at radius 3 is 2.48 bits per heavy atom. The van der Waals surface area contributed by atoms with Gasteiger partial charge in [-0.25, -0.2) is 4.98 Å². The number of alkyl halides is 3. The predicted octanol–water partition coefficient (Wildman–Crippen LogP) is 2.26. The minimum atomic E-state index is -4.41. The fourth-order valence-corrected chi connectivity index (χ4v) is 2.80. The van der Waals surface area contributed by atoms with E-state index in [9.17, 15) is 18.3 Å². The fourth-order valence-electron chi connectivity index (χ4n) is 2.80. The van der Waals surface area contributed by atoms with Crippen LogP contribution in [0.5, 0.6) is 0 Å². The Morgan fingerprint density at radius 1 is 1.20 bits per heavy atom. The first-order valence-corrected chi connectivity index (χ1v) is 8.52. The summed E-state index contributed by atoms with van der Waals surface area (Å²) in [5, 5.41) is 10.0. The molecule has 0 aromatic carbocycles. The molecular formula is C17H26F3N3O2. The van der Waals surface area contributed by atoms with Crippen molar-refractivity contribution in [3.8, 4) is 0 Å². The van der Waals surface area contributed by atoms with Crippen LogP contribution in [0.15, 0.2) is 18.3 Å². The maximum atomic E-state index is 13.1. The summed E-state index contributed by atoms with van der Waals surface area (Å²) in [6, 6.07) is 2.36. The molecule has 1 unspecified atom stereocenters. The topological polar surface area (TPSA) is 48.8 Å². The van der Waals surface area contributed by atoms with Crippen molar-refractivity contribution in [2.24, 2.45) is 5.92 Å². The minimum absolute atomic E-state index is 0.0181. The van der Waals surface area contributed by atoms with Gasteiger partial charge < -0.3 is 14.7 Å². The average molecular weight is 361 g/mol. The number of aliphatic hydroxyl groups excluding tert-OH is 1. The number of hydrogen-bond acceptors (Lipinski definition) is 5. The Hall–Kier alpha value is -1.38. The van der Waals surface area contributed by atoms with Crippen LogP contribution >= 0.6 is 0 Å². The van der Waals surface area contributed by atoms with Crippen molar-refractivity contribution >= 4 is 5.82 Å². The fraction of sp³-hybridized carbons (Fsp3) is 0.706. The quantitative estimate of drug-likeness (QED) is 0.807. The van der Waals surface area contributed by atoms with Crippen LogP contribution in [0.2, 0.25) is 0 Å². The molecule has 0 saturated carbocycles. The molecule has 1 aliphatic heterocycles. The summed E-state index contributed by atoms with van der Waals surface area (Å²) < 4.78 is 44.7. The first kappa shape index (κ1) is 19.9. The van der Waals surface area contributed by atoms with Crippen LogP contribution in [0, 0.1) is 5.92 Å². The van der Waals surface area contributed by atoms with E-state index in [0.29, 0.717) is 45.2 Å². The molecule has 1 aliphatic rings. The van der Waals surface area contributed by atoms with E-state index in [1.807, 2.05) is 18.7 Å². The molecule has 1 atom stereocenters. The molecule has 142 valence electrons. The first-order chi connectivity index (χ1) is 11.8. The summed E-state index contributed by atoms with van der Waals surface area (Å²) in [6.07, 6.45) is -3.62. The Kier molecular flexibility index (Phi) is 7.04. The third-order valence-corrected chi connectivity index (χ3v) is 3.99. The number of nitrogens with zero attached hydrogens (tertiary/aromatic N) is 3. The van der Waals surface area contributed by atoms with Gasteiger partial charge in [-0.3, -0.25) is 4.90 Å². The van der Waals surface area contributed by atoms with Gasteiger partial charge in [-0.2, -0.15) is 13.2 Å². The molecule has 0 radical (unpaired) electrons. The normalized spacial score (nSPS) is 18.0. The van der Waals surface area contributed by atoms with Gasteiger partial charge in [0.05, 0.1) is 18.3 Å². The highest BCUT2D eigenvalue weighted by atomic mass is 19.4. The summed E-state index contributed by atoms with van der Waals surface area (Å²) in [6.45, 7) is 7.46. The van der Waals surface area contributed by atoms with E-state index in [0.717, 1.165) is 6.07 Å². The smallest absolute Gasteiger partial charge is 0.389 e. The van der Waals surface area contributed by atoms with Crippen LogP contribution in [0.1, 0.15) is 19.4 Å².